The highest BCUT2D eigenvalue weighted by Crippen LogP contribution is 2.17. The number of benzene rings is 1. The zero-order valence-corrected chi connectivity index (χ0v) is 7.20. The SMILES string of the molecule is NC1CCNN1c1ccc(F)cc1. The van der Waals surface area contributed by atoms with Crippen LogP contribution in [0.4, 0.5) is 10.1 Å². The predicted molar refractivity (Wildman–Crippen MR) is 49.5 cm³/mol. The van der Waals surface area contributed by atoms with Crippen LogP contribution in [0.1, 0.15) is 6.42 Å². The Labute approximate surface area is 76.3 Å². The van der Waals surface area contributed by atoms with Crippen LogP contribution in [0.3, 0.4) is 0 Å². The molecule has 1 fully saturated rings. The van der Waals surface area contributed by atoms with Gasteiger partial charge < -0.3 is 5.73 Å². The molecule has 2 rings (SSSR count). The number of nitrogens with one attached hydrogen (secondary N) is 1. The van der Waals surface area contributed by atoms with Gasteiger partial charge in [0.25, 0.3) is 0 Å². The van der Waals surface area contributed by atoms with Gasteiger partial charge in [-0.15, -0.1) is 0 Å². The van der Waals surface area contributed by atoms with E-state index in [-0.39, 0.29) is 12.0 Å². The Morgan fingerprint density at radius 1 is 1.38 bits per heavy atom. The van der Waals surface area contributed by atoms with Gasteiger partial charge in [-0.2, -0.15) is 0 Å². The van der Waals surface area contributed by atoms with Crippen LogP contribution in [-0.2, 0) is 0 Å². The molecule has 0 amide bonds. The highest BCUT2D eigenvalue weighted by Gasteiger charge is 2.20. The number of halogens is 1. The topological polar surface area (TPSA) is 41.3 Å². The number of nitrogens with two attached hydrogens (primary N) is 1. The lowest BCUT2D eigenvalue weighted by molar-refractivity contribution is 0.625. The smallest absolute Gasteiger partial charge is 0.123 e. The molecule has 0 aliphatic carbocycles. The molecule has 1 unspecified atom stereocenters. The molecule has 0 aromatic heterocycles. The maximum absolute atomic E-state index is 12.6. The van der Waals surface area contributed by atoms with E-state index in [1.165, 1.54) is 12.1 Å². The third kappa shape index (κ3) is 1.64. The van der Waals surface area contributed by atoms with Gasteiger partial charge in [0.1, 0.15) is 5.82 Å². The Hall–Kier alpha value is -1.13. The highest BCUT2D eigenvalue weighted by molar-refractivity contribution is 5.46. The monoisotopic (exact) mass is 181 g/mol. The van der Waals surface area contributed by atoms with Crippen LogP contribution in [0.5, 0.6) is 0 Å². The molecule has 0 spiro atoms. The van der Waals surface area contributed by atoms with E-state index in [1.54, 1.807) is 12.1 Å². The fraction of sp³-hybridized carbons (Fsp3) is 0.333. The molecule has 3 nitrogen and oxygen atoms in total. The first-order valence-corrected chi connectivity index (χ1v) is 4.31. The Morgan fingerprint density at radius 2 is 2.08 bits per heavy atom. The summed E-state index contributed by atoms with van der Waals surface area (Å²) in [5.74, 6) is -0.225. The molecule has 0 radical (unpaired) electrons. The Kier molecular flexibility index (Phi) is 2.16. The Balaban J connectivity index is 2.20. The highest BCUT2D eigenvalue weighted by atomic mass is 19.1. The fourth-order valence-corrected chi connectivity index (χ4v) is 1.46. The zero-order valence-electron chi connectivity index (χ0n) is 7.20. The quantitative estimate of drug-likeness (QED) is 0.674. The van der Waals surface area contributed by atoms with Crippen LogP contribution in [0.15, 0.2) is 24.3 Å². The van der Waals surface area contributed by atoms with Crippen molar-refractivity contribution >= 4 is 5.69 Å². The van der Waals surface area contributed by atoms with Gasteiger partial charge >= 0.3 is 0 Å². The van der Waals surface area contributed by atoms with Gasteiger partial charge in [0.05, 0.1) is 11.9 Å². The molecular formula is C9H12FN3. The molecule has 0 bridgehead atoms. The van der Waals surface area contributed by atoms with Crippen LogP contribution in [0.2, 0.25) is 0 Å². The normalized spacial score (nSPS) is 22.3. The second-order valence-corrected chi connectivity index (χ2v) is 3.11. The maximum Gasteiger partial charge on any atom is 0.123 e. The van der Waals surface area contributed by atoms with Crippen LogP contribution < -0.4 is 16.2 Å². The van der Waals surface area contributed by atoms with Crippen molar-refractivity contribution in [3.63, 3.8) is 0 Å². The van der Waals surface area contributed by atoms with E-state index in [2.05, 4.69) is 5.43 Å². The van der Waals surface area contributed by atoms with Crippen LogP contribution >= 0.6 is 0 Å². The average Bonchev–Trinajstić information content (AvgIpc) is 2.53. The molecule has 3 N–H and O–H groups in total. The number of anilines is 1. The molecular weight excluding hydrogens is 169 g/mol. The molecule has 70 valence electrons. The van der Waals surface area contributed by atoms with Crippen molar-refractivity contribution < 1.29 is 4.39 Å². The van der Waals surface area contributed by atoms with E-state index in [9.17, 15) is 4.39 Å². The molecule has 4 heteroatoms. The van der Waals surface area contributed by atoms with Crippen molar-refractivity contribution in [1.82, 2.24) is 5.43 Å². The lowest BCUT2D eigenvalue weighted by Crippen LogP contribution is -2.42. The van der Waals surface area contributed by atoms with Crippen molar-refractivity contribution in [2.24, 2.45) is 5.73 Å². The van der Waals surface area contributed by atoms with E-state index in [4.69, 9.17) is 5.73 Å². The molecule has 13 heavy (non-hydrogen) atoms. The van der Waals surface area contributed by atoms with Gasteiger partial charge in [-0.25, -0.2) is 9.82 Å². The van der Waals surface area contributed by atoms with Gasteiger partial charge in [0, 0.05) is 6.54 Å². The molecule has 1 atom stereocenters. The predicted octanol–water partition coefficient (Wildman–Crippen LogP) is 0.825. The summed E-state index contributed by atoms with van der Waals surface area (Å²) in [6.07, 6.45) is 0.905. The number of hydrogen-bond donors (Lipinski definition) is 2. The van der Waals surface area contributed by atoms with Gasteiger partial charge in [-0.1, -0.05) is 0 Å². The van der Waals surface area contributed by atoms with E-state index in [1.807, 2.05) is 5.01 Å². The van der Waals surface area contributed by atoms with Crippen molar-refractivity contribution in [1.29, 1.82) is 0 Å². The lowest BCUT2D eigenvalue weighted by atomic mass is 10.3. The molecule has 1 aliphatic rings. The van der Waals surface area contributed by atoms with Crippen molar-refractivity contribution in [3.05, 3.63) is 30.1 Å². The number of hydrazine groups is 1. The number of hydrogen-bond acceptors (Lipinski definition) is 3. The third-order valence-electron chi connectivity index (χ3n) is 2.16. The van der Waals surface area contributed by atoms with E-state index in [0.29, 0.717) is 0 Å². The number of rotatable bonds is 1. The first kappa shape index (κ1) is 8.47. The largest absolute Gasteiger partial charge is 0.310 e. The minimum atomic E-state index is -0.225. The van der Waals surface area contributed by atoms with Crippen molar-refractivity contribution in [2.75, 3.05) is 11.6 Å². The van der Waals surface area contributed by atoms with Crippen LogP contribution in [0.25, 0.3) is 0 Å². The maximum atomic E-state index is 12.6. The second kappa shape index (κ2) is 3.32. The first-order chi connectivity index (χ1) is 6.27. The van der Waals surface area contributed by atoms with Gasteiger partial charge in [0.15, 0.2) is 0 Å². The molecule has 1 aliphatic heterocycles. The molecule has 1 aromatic rings. The molecule has 1 aromatic carbocycles. The summed E-state index contributed by atoms with van der Waals surface area (Å²) in [6.45, 7) is 0.874. The number of nitrogens with zero attached hydrogens (tertiary/aromatic N) is 1. The van der Waals surface area contributed by atoms with E-state index < -0.39 is 0 Å². The fourth-order valence-electron chi connectivity index (χ4n) is 1.46. The summed E-state index contributed by atoms with van der Waals surface area (Å²) >= 11 is 0. The Bertz CT molecular complexity index is 285. The second-order valence-electron chi connectivity index (χ2n) is 3.11. The van der Waals surface area contributed by atoms with Crippen LogP contribution in [-0.4, -0.2) is 12.7 Å². The minimum Gasteiger partial charge on any atom is -0.310 e. The van der Waals surface area contributed by atoms with Crippen LogP contribution in [0, 0.1) is 5.82 Å². The van der Waals surface area contributed by atoms with Gasteiger partial charge in [0.2, 0.25) is 0 Å². The zero-order chi connectivity index (χ0) is 9.26. The summed E-state index contributed by atoms with van der Waals surface area (Å²) in [4.78, 5) is 0. The molecule has 1 heterocycles. The average molecular weight is 181 g/mol. The third-order valence-corrected chi connectivity index (χ3v) is 2.16. The summed E-state index contributed by atoms with van der Waals surface area (Å²) in [5, 5.41) is 1.86. The van der Waals surface area contributed by atoms with E-state index >= 15 is 0 Å². The first-order valence-electron chi connectivity index (χ1n) is 4.31. The van der Waals surface area contributed by atoms with E-state index in [0.717, 1.165) is 18.7 Å². The van der Waals surface area contributed by atoms with Crippen molar-refractivity contribution in [2.45, 2.75) is 12.6 Å². The molecule has 0 saturated carbocycles. The van der Waals surface area contributed by atoms with Gasteiger partial charge in [-0.05, 0) is 30.7 Å². The lowest BCUT2D eigenvalue weighted by Gasteiger charge is -2.22. The summed E-state index contributed by atoms with van der Waals surface area (Å²) in [5.41, 5.74) is 9.86. The van der Waals surface area contributed by atoms with Gasteiger partial charge in [-0.3, -0.25) is 5.01 Å². The minimum absolute atomic E-state index is 0.00883. The summed E-state index contributed by atoms with van der Waals surface area (Å²) in [7, 11) is 0. The Morgan fingerprint density at radius 3 is 2.62 bits per heavy atom. The molecule has 1 saturated heterocycles. The summed E-state index contributed by atoms with van der Waals surface area (Å²) in [6, 6.07) is 6.30. The standard InChI is InChI=1S/C9H12FN3/c10-7-1-3-8(4-2-7)13-9(11)5-6-12-13/h1-4,9,12H,5-6,11H2. The summed E-state index contributed by atoms with van der Waals surface area (Å²) < 4.78 is 12.6. The van der Waals surface area contributed by atoms with Crippen molar-refractivity contribution in [3.8, 4) is 0 Å².